The quantitative estimate of drug-likeness (QED) is 0.389. The third-order valence-electron chi connectivity index (χ3n) is 3.19. The van der Waals surface area contributed by atoms with E-state index in [4.69, 9.17) is 23.7 Å². The maximum absolute atomic E-state index is 11.9. The standard InChI is InChI=1S/C16H24O6/c1-6-11(2)7-8-15(17)22-14-9-13(20-10-18-4)12(3)21-16(14)19-5/h6-7,13-14,16H,1,3,8-10H2,2,4-5H3/b11-7+/t13-,14+,16+/m1/s1. The zero-order valence-electron chi connectivity index (χ0n) is 13.4. The van der Waals surface area contributed by atoms with Crippen molar-refractivity contribution in [1.29, 1.82) is 0 Å². The third-order valence-corrected chi connectivity index (χ3v) is 3.19. The van der Waals surface area contributed by atoms with E-state index in [2.05, 4.69) is 13.2 Å². The number of hydrogen-bond donors (Lipinski definition) is 0. The van der Waals surface area contributed by atoms with Gasteiger partial charge in [0.15, 0.2) is 6.10 Å². The minimum Gasteiger partial charge on any atom is -0.463 e. The molecular weight excluding hydrogens is 288 g/mol. The van der Waals surface area contributed by atoms with Crippen LogP contribution in [0.4, 0.5) is 0 Å². The lowest BCUT2D eigenvalue weighted by Crippen LogP contribution is -2.44. The molecule has 6 heteroatoms. The fraction of sp³-hybridized carbons (Fsp3) is 0.562. The Bertz CT molecular complexity index is 428. The van der Waals surface area contributed by atoms with E-state index in [9.17, 15) is 4.79 Å². The first-order valence-electron chi connectivity index (χ1n) is 6.99. The maximum atomic E-state index is 11.9. The van der Waals surface area contributed by atoms with Crippen LogP contribution in [0.3, 0.4) is 0 Å². The zero-order chi connectivity index (χ0) is 16.5. The van der Waals surface area contributed by atoms with Crippen molar-refractivity contribution in [2.24, 2.45) is 0 Å². The highest BCUT2D eigenvalue weighted by Crippen LogP contribution is 2.27. The first-order chi connectivity index (χ1) is 10.5. The Kier molecular flexibility index (Phi) is 7.87. The van der Waals surface area contributed by atoms with Gasteiger partial charge in [-0.25, -0.2) is 0 Å². The van der Waals surface area contributed by atoms with Crippen LogP contribution in [-0.2, 0) is 28.5 Å². The van der Waals surface area contributed by atoms with Crippen LogP contribution in [0.1, 0.15) is 19.8 Å². The van der Waals surface area contributed by atoms with Crippen LogP contribution in [0, 0.1) is 0 Å². The van der Waals surface area contributed by atoms with Crippen molar-refractivity contribution >= 4 is 5.97 Å². The van der Waals surface area contributed by atoms with Gasteiger partial charge in [-0.2, -0.15) is 0 Å². The Hall–Kier alpha value is -1.63. The molecule has 3 atom stereocenters. The van der Waals surface area contributed by atoms with E-state index < -0.39 is 18.5 Å². The Morgan fingerprint density at radius 3 is 2.77 bits per heavy atom. The van der Waals surface area contributed by atoms with Crippen molar-refractivity contribution in [3.63, 3.8) is 0 Å². The van der Waals surface area contributed by atoms with E-state index in [1.807, 2.05) is 6.92 Å². The molecule has 1 saturated heterocycles. The molecule has 0 amide bonds. The van der Waals surface area contributed by atoms with Crippen molar-refractivity contribution in [2.45, 2.75) is 38.3 Å². The fourth-order valence-electron chi connectivity index (χ4n) is 1.91. The van der Waals surface area contributed by atoms with Crippen molar-refractivity contribution < 1.29 is 28.5 Å². The molecule has 0 unspecified atom stereocenters. The minimum atomic E-state index is -0.691. The summed E-state index contributed by atoms with van der Waals surface area (Å²) < 4.78 is 26.4. The molecule has 0 saturated carbocycles. The number of methoxy groups -OCH3 is 2. The number of esters is 1. The molecule has 0 aromatic carbocycles. The SMILES string of the molecule is C=C/C(C)=C/CC(=O)O[C@H]1C[C@@H](OCOC)C(=C)O[C@@H]1OC. The van der Waals surface area contributed by atoms with Gasteiger partial charge in [0.05, 0.1) is 6.42 Å². The summed E-state index contributed by atoms with van der Waals surface area (Å²) in [6, 6.07) is 0. The van der Waals surface area contributed by atoms with E-state index in [1.165, 1.54) is 14.2 Å². The van der Waals surface area contributed by atoms with Gasteiger partial charge in [0.25, 0.3) is 0 Å². The van der Waals surface area contributed by atoms with Crippen LogP contribution in [0.25, 0.3) is 0 Å². The molecule has 0 N–H and O–H groups in total. The second kappa shape index (κ2) is 9.40. The smallest absolute Gasteiger partial charge is 0.310 e. The summed E-state index contributed by atoms with van der Waals surface area (Å²) in [4.78, 5) is 11.9. The van der Waals surface area contributed by atoms with Gasteiger partial charge < -0.3 is 23.7 Å². The molecule has 1 aliphatic heterocycles. The molecule has 22 heavy (non-hydrogen) atoms. The minimum absolute atomic E-state index is 0.104. The van der Waals surface area contributed by atoms with Gasteiger partial charge in [0.2, 0.25) is 6.29 Å². The normalized spacial score (nSPS) is 25.5. The zero-order valence-corrected chi connectivity index (χ0v) is 13.4. The third kappa shape index (κ3) is 5.63. The fourth-order valence-corrected chi connectivity index (χ4v) is 1.91. The second-order valence-electron chi connectivity index (χ2n) is 4.87. The van der Waals surface area contributed by atoms with Crippen LogP contribution in [-0.4, -0.2) is 45.5 Å². The highest BCUT2D eigenvalue weighted by Gasteiger charge is 2.37. The summed E-state index contributed by atoms with van der Waals surface area (Å²) in [5.74, 6) is 0.0634. The van der Waals surface area contributed by atoms with Gasteiger partial charge in [0.1, 0.15) is 18.7 Å². The van der Waals surface area contributed by atoms with Crippen molar-refractivity contribution in [3.8, 4) is 0 Å². The van der Waals surface area contributed by atoms with Gasteiger partial charge in [-0.3, -0.25) is 4.79 Å². The number of rotatable bonds is 8. The van der Waals surface area contributed by atoms with Crippen molar-refractivity contribution in [1.82, 2.24) is 0 Å². The molecule has 0 bridgehead atoms. The number of ether oxygens (including phenoxy) is 5. The van der Waals surface area contributed by atoms with E-state index in [-0.39, 0.29) is 19.2 Å². The van der Waals surface area contributed by atoms with E-state index in [0.717, 1.165) is 5.57 Å². The molecule has 0 aromatic rings. The van der Waals surface area contributed by atoms with Crippen LogP contribution >= 0.6 is 0 Å². The van der Waals surface area contributed by atoms with Crippen molar-refractivity contribution in [2.75, 3.05) is 21.0 Å². The molecular formula is C16H24O6. The number of allylic oxidation sites excluding steroid dienone is 2. The van der Waals surface area contributed by atoms with E-state index in [0.29, 0.717) is 12.2 Å². The van der Waals surface area contributed by atoms with Crippen LogP contribution in [0.5, 0.6) is 0 Å². The largest absolute Gasteiger partial charge is 0.463 e. The lowest BCUT2D eigenvalue weighted by molar-refractivity contribution is -0.223. The predicted molar refractivity (Wildman–Crippen MR) is 80.8 cm³/mol. The molecule has 0 aromatic heterocycles. The molecule has 6 nitrogen and oxygen atoms in total. The van der Waals surface area contributed by atoms with Gasteiger partial charge in [-0.15, -0.1) is 0 Å². The molecule has 124 valence electrons. The summed E-state index contributed by atoms with van der Waals surface area (Å²) in [5, 5.41) is 0. The number of carbonyl (C=O) groups is 1. The Labute approximate surface area is 131 Å². The molecule has 1 fully saturated rings. The number of carbonyl (C=O) groups excluding carboxylic acids is 1. The van der Waals surface area contributed by atoms with E-state index in [1.54, 1.807) is 12.2 Å². The Balaban J connectivity index is 2.62. The Morgan fingerprint density at radius 1 is 1.45 bits per heavy atom. The van der Waals surface area contributed by atoms with Crippen LogP contribution in [0.15, 0.2) is 36.6 Å². The van der Waals surface area contributed by atoms with Gasteiger partial charge >= 0.3 is 5.97 Å². The first-order valence-corrected chi connectivity index (χ1v) is 6.99. The monoisotopic (exact) mass is 312 g/mol. The lowest BCUT2D eigenvalue weighted by Gasteiger charge is -2.36. The Morgan fingerprint density at radius 2 is 2.18 bits per heavy atom. The molecule has 0 radical (unpaired) electrons. The van der Waals surface area contributed by atoms with Crippen molar-refractivity contribution in [3.05, 3.63) is 36.6 Å². The molecule has 1 rings (SSSR count). The maximum Gasteiger partial charge on any atom is 0.310 e. The highest BCUT2D eigenvalue weighted by atomic mass is 16.7. The first kappa shape index (κ1) is 18.4. The number of hydrogen-bond acceptors (Lipinski definition) is 6. The van der Waals surface area contributed by atoms with E-state index >= 15 is 0 Å². The molecule has 1 heterocycles. The van der Waals surface area contributed by atoms with Crippen LogP contribution in [0.2, 0.25) is 0 Å². The van der Waals surface area contributed by atoms with Gasteiger partial charge in [-0.1, -0.05) is 30.9 Å². The summed E-state index contributed by atoms with van der Waals surface area (Å²) in [7, 11) is 3.01. The van der Waals surface area contributed by atoms with Gasteiger partial charge in [-0.05, 0) is 6.92 Å². The van der Waals surface area contributed by atoms with Crippen LogP contribution < -0.4 is 0 Å². The molecule has 0 spiro atoms. The average molecular weight is 312 g/mol. The lowest BCUT2D eigenvalue weighted by atomic mass is 10.1. The average Bonchev–Trinajstić information content (AvgIpc) is 2.52. The summed E-state index contributed by atoms with van der Waals surface area (Å²) in [6.45, 7) is 9.38. The highest BCUT2D eigenvalue weighted by molar-refractivity contribution is 5.71. The van der Waals surface area contributed by atoms with Gasteiger partial charge in [0, 0.05) is 20.6 Å². The summed E-state index contributed by atoms with van der Waals surface area (Å²) in [5.41, 5.74) is 0.912. The second-order valence-corrected chi connectivity index (χ2v) is 4.87. The predicted octanol–water partition coefficient (Wildman–Crippen LogP) is 2.32. The molecule has 1 aliphatic rings. The summed E-state index contributed by atoms with van der Waals surface area (Å²) in [6.07, 6.45) is 2.32. The topological polar surface area (TPSA) is 63.2 Å². The summed E-state index contributed by atoms with van der Waals surface area (Å²) >= 11 is 0. The molecule has 0 aliphatic carbocycles.